The molecule has 0 heterocycles. The van der Waals surface area contributed by atoms with Crippen LogP contribution in [0.1, 0.15) is 21.5 Å². The number of nitrogens with zero attached hydrogens (tertiary/aromatic N) is 1. The van der Waals surface area contributed by atoms with E-state index in [9.17, 15) is 4.79 Å². The number of hydrogen-bond donors (Lipinski definition) is 2. The highest BCUT2D eigenvalue weighted by Crippen LogP contribution is 2.20. The number of nitriles is 1. The van der Waals surface area contributed by atoms with E-state index in [1.54, 1.807) is 31.3 Å². The molecule has 0 fully saturated rings. The summed E-state index contributed by atoms with van der Waals surface area (Å²) in [5.41, 5.74) is 2.76. The summed E-state index contributed by atoms with van der Waals surface area (Å²) in [6.07, 6.45) is 0. The summed E-state index contributed by atoms with van der Waals surface area (Å²) >= 11 is 5.86. The standard InChI is InChI=1S/C16H14ClN3O/c1-19-16(21)12-4-2-3-11(7-12)10-20-15-6-5-14(17)8-13(15)9-18/h2-8,20H,10H2,1H3,(H,19,21). The van der Waals surface area contributed by atoms with Crippen LogP contribution in [0.3, 0.4) is 0 Å². The lowest BCUT2D eigenvalue weighted by molar-refractivity contribution is 0.0963. The Morgan fingerprint density at radius 3 is 2.81 bits per heavy atom. The Labute approximate surface area is 128 Å². The number of anilines is 1. The van der Waals surface area contributed by atoms with Crippen molar-refractivity contribution in [3.05, 3.63) is 64.2 Å². The highest BCUT2D eigenvalue weighted by molar-refractivity contribution is 6.30. The first-order chi connectivity index (χ1) is 10.1. The van der Waals surface area contributed by atoms with Crippen LogP contribution >= 0.6 is 11.6 Å². The van der Waals surface area contributed by atoms with Crippen molar-refractivity contribution in [2.45, 2.75) is 6.54 Å². The number of halogens is 1. The molecule has 0 aliphatic heterocycles. The van der Waals surface area contributed by atoms with Crippen LogP contribution in [0.4, 0.5) is 5.69 Å². The van der Waals surface area contributed by atoms with Gasteiger partial charge in [0.2, 0.25) is 0 Å². The molecule has 0 saturated carbocycles. The molecule has 0 unspecified atom stereocenters. The molecule has 0 aliphatic rings. The van der Waals surface area contributed by atoms with Gasteiger partial charge in [0.15, 0.2) is 0 Å². The fraction of sp³-hybridized carbons (Fsp3) is 0.125. The van der Waals surface area contributed by atoms with Crippen LogP contribution in [0.5, 0.6) is 0 Å². The first-order valence-corrected chi connectivity index (χ1v) is 6.76. The molecule has 0 atom stereocenters. The lowest BCUT2D eigenvalue weighted by Gasteiger charge is -2.09. The van der Waals surface area contributed by atoms with E-state index in [1.807, 2.05) is 18.2 Å². The summed E-state index contributed by atoms with van der Waals surface area (Å²) < 4.78 is 0. The van der Waals surface area contributed by atoms with Crippen molar-refractivity contribution in [3.63, 3.8) is 0 Å². The Balaban J connectivity index is 2.14. The van der Waals surface area contributed by atoms with E-state index in [0.29, 0.717) is 28.4 Å². The lowest BCUT2D eigenvalue weighted by atomic mass is 10.1. The van der Waals surface area contributed by atoms with Gasteiger partial charge in [-0.1, -0.05) is 23.7 Å². The molecule has 2 rings (SSSR count). The van der Waals surface area contributed by atoms with Crippen molar-refractivity contribution in [1.29, 1.82) is 5.26 Å². The third kappa shape index (κ3) is 3.74. The molecule has 0 aliphatic carbocycles. The summed E-state index contributed by atoms with van der Waals surface area (Å²) in [5, 5.41) is 15.4. The maximum Gasteiger partial charge on any atom is 0.251 e. The Hall–Kier alpha value is -2.51. The van der Waals surface area contributed by atoms with Crippen molar-refractivity contribution in [1.82, 2.24) is 5.32 Å². The maximum absolute atomic E-state index is 11.6. The van der Waals surface area contributed by atoms with Crippen LogP contribution in [-0.4, -0.2) is 13.0 Å². The minimum atomic E-state index is -0.124. The second kappa shape index (κ2) is 6.78. The molecule has 1 amide bonds. The first kappa shape index (κ1) is 14.9. The van der Waals surface area contributed by atoms with Gasteiger partial charge in [-0.25, -0.2) is 0 Å². The first-order valence-electron chi connectivity index (χ1n) is 6.38. The molecule has 106 valence electrons. The van der Waals surface area contributed by atoms with Crippen LogP contribution in [0, 0.1) is 11.3 Å². The highest BCUT2D eigenvalue weighted by atomic mass is 35.5. The molecule has 0 saturated heterocycles. The molecule has 2 aromatic rings. The number of benzene rings is 2. The van der Waals surface area contributed by atoms with Gasteiger partial charge in [0.1, 0.15) is 6.07 Å². The molecule has 0 aromatic heterocycles. The van der Waals surface area contributed by atoms with Crippen LogP contribution in [0.15, 0.2) is 42.5 Å². The van der Waals surface area contributed by atoms with Gasteiger partial charge in [-0.05, 0) is 35.9 Å². The van der Waals surface area contributed by atoms with Crippen LogP contribution in [-0.2, 0) is 6.54 Å². The fourth-order valence-electron chi connectivity index (χ4n) is 1.93. The molecular formula is C16H14ClN3O. The Bertz CT molecular complexity index is 707. The predicted molar refractivity (Wildman–Crippen MR) is 83.3 cm³/mol. The largest absolute Gasteiger partial charge is 0.380 e. The number of nitrogens with one attached hydrogen (secondary N) is 2. The monoisotopic (exact) mass is 299 g/mol. The number of hydrogen-bond acceptors (Lipinski definition) is 3. The van der Waals surface area contributed by atoms with Gasteiger partial charge in [-0.15, -0.1) is 0 Å². The normalized spacial score (nSPS) is 9.76. The van der Waals surface area contributed by atoms with Gasteiger partial charge in [0.25, 0.3) is 5.91 Å². The highest BCUT2D eigenvalue weighted by Gasteiger charge is 2.05. The molecule has 4 nitrogen and oxygen atoms in total. The van der Waals surface area contributed by atoms with Gasteiger partial charge in [0, 0.05) is 24.2 Å². The Morgan fingerprint density at radius 2 is 2.10 bits per heavy atom. The average Bonchev–Trinajstić information content (AvgIpc) is 2.53. The second-order valence-electron chi connectivity index (χ2n) is 4.43. The average molecular weight is 300 g/mol. The predicted octanol–water partition coefficient (Wildman–Crippen LogP) is 3.18. The Morgan fingerprint density at radius 1 is 1.29 bits per heavy atom. The fourth-order valence-corrected chi connectivity index (χ4v) is 2.10. The SMILES string of the molecule is CNC(=O)c1cccc(CNc2ccc(Cl)cc2C#N)c1. The zero-order chi connectivity index (χ0) is 15.2. The van der Waals surface area contributed by atoms with Gasteiger partial charge in [-0.3, -0.25) is 4.79 Å². The van der Waals surface area contributed by atoms with Crippen molar-refractivity contribution in [3.8, 4) is 6.07 Å². The number of rotatable bonds is 4. The quantitative estimate of drug-likeness (QED) is 0.911. The zero-order valence-electron chi connectivity index (χ0n) is 11.5. The summed E-state index contributed by atoms with van der Waals surface area (Å²) in [7, 11) is 1.60. The molecule has 2 N–H and O–H groups in total. The molecule has 0 spiro atoms. The lowest BCUT2D eigenvalue weighted by Crippen LogP contribution is -2.18. The van der Waals surface area contributed by atoms with Crippen molar-refractivity contribution in [2.75, 3.05) is 12.4 Å². The van der Waals surface area contributed by atoms with E-state index in [-0.39, 0.29) is 5.91 Å². The molecule has 0 bridgehead atoms. The van der Waals surface area contributed by atoms with Crippen LogP contribution in [0.25, 0.3) is 0 Å². The second-order valence-corrected chi connectivity index (χ2v) is 4.87. The summed E-state index contributed by atoms with van der Waals surface area (Å²) in [6.45, 7) is 0.515. The summed E-state index contributed by atoms with van der Waals surface area (Å²) in [5.74, 6) is -0.124. The minimum Gasteiger partial charge on any atom is -0.380 e. The van der Waals surface area contributed by atoms with E-state index in [2.05, 4.69) is 16.7 Å². The van der Waals surface area contributed by atoms with E-state index >= 15 is 0 Å². The summed E-state index contributed by atoms with van der Waals surface area (Å²) in [6, 6.07) is 14.5. The van der Waals surface area contributed by atoms with E-state index in [0.717, 1.165) is 5.56 Å². The molecule has 0 radical (unpaired) electrons. The molecule has 5 heteroatoms. The Kier molecular flexibility index (Phi) is 4.81. The van der Waals surface area contributed by atoms with Gasteiger partial charge in [-0.2, -0.15) is 5.26 Å². The smallest absolute Gasteiger partial charge is 0.251 e. The molecular weight excluding hydrogens is 286 g/mol. The van der Waals surface area contributed by atoms with E-state index < -0.39 is 0 Å². The maximum atomic E-state index is 11.6. The van der Waals surface area contributed by atoms with Gasteiger partial charge >= 0.3 is 0 Å². The zero-order valence-corrected chi connectivity index (χ0v) is 12.2. The van der Waals surface area contributed by atoms with Crippen molar-refractivity contribution < 1.29 is 4.79 Å². The van der Waals surface area contributed by atoms with E-state index in [1.165, 1.54) is 0 Å². The van der Waals surface area contributed by atoms with E-state index in [4.69, 9.17) is 16.9 Å². The molecule has 21 heavy (non-hydrogen) atoms. The third-order valence-electron chi connectivity index (χ3n) is 3.00. The topological polar surface area (TPSA) is 64.9 Å². The molecule has 2 aromatic carbocycles. The third-order valence-corrected chi connectivity index (χ3v) is 3.24. The van der Waals surface area contributed by atoms with Gasteiger partial charge < -0.3 is 10.6 Å². The number of amides is 1. The van der Waals surface area contributed by atoms with Crippen molar-refractivity contribution >= 4 is 23.2 Å². The van der Waals surface area contributed by atoms with Crippen molar-refractivity contribution in [2.24, 2.45) is 0 Å². The number of carbonyl (C=O) groups is 1. The van der Waals surface area contributed by atoms with Crippen LogP contribution in [0.2, 0.25) is 5.02 Å². The summed E-state index contributed by atoms with van der Waals surface area (Å²) in [4.78, 5) is 11.6. The number of carbonyl (C=O) groups excluding carboxylic acids is 1. The van der Waals surface area contributed by atoms with Crippen LogP contribution < -0.4 is 10.6 Å². The van der Waals surface area contributed by atoms with Gasteiger partial charge in [0.05, 0.1) is 11.3 Å². The minimum absolute atomic E-state index is 0.124.